The van der Waals surface area contributed by atoms with Gasteiger partial charge >= 0.3 is 0 Å². The fourth-order valence-electron chi connectivity index (χ4n) is 3.32. The van der Waals surface area contributed by atoms with Crippen molar-refractivity contribution in [2.45, 2.75) is 57.7 Å². The quantitative estimate of drug-likeness (QED) is 0.540. The van der Waals surface area contributed by atoms with Gasteiger partial charge in [-0.25, -0.2) is 4.98 Å². The summed E-state index contributed by atoms with van der Waals surface area (Å²) in [5.74, 6) is 1.99. The lowest BCUT2D eigenvalue weighted by atomic mass is 10.0. The minimum atomic E-state index is -0.295. The second-order valence-corrected chi connectivity index (χ2v) is 9.08. The van der Waals surface area contributed by atoms with Crippen molar-refractivity contribution >= 4 is 17.7 Å². The van der Waals surface area contributed by atoms with E-state index in [1.54, 1.807) is 6.20 Å². The van der Waals surface area contributed by atoms with E-state index < -0.39 is 0 Å². The van der Waals surface area contributed by atoms with Crippen LogP contribution in [0.3, 0.4) is 0 Å². The van der Waals surface area contributed by atoms with Gasteiger partial charge in [0.05, 0.1) is 11.4 Å². The molecule has 0 radical (unpaired) electrons. The van der Waals surface area contributed by atoms with Crippen molar-refractivity contribution < 1.29 is 9.32 Å². The zero-order valence-electron chi connectivity index (χ0n) is 17.8. The molecule has 8 heteroatoms. The van der Waals surface area contributed by atoms with E-state index in [9.17, 15) is 4.79 Å². The Labute approximate surface area is 180 Å². The Morgan fingerprint density at radius 2 is 2.13 bits per heavy atom. The van der Waals surface area contributed by atoms with Gasteiger partial charge in [-0.2, -0.15) is 4.98 Å². The summed E-state index contributed by atoms with van der Waals surface area (Å²) in [6.45, 7) is 8.26. The molecule has 0 aliphatic heterocycles. The summed E-state index contributed by atoms with van der Waals surface area (Å²) < 4.78 is 7.47. The van der Waals surface area contributed by atoms with Crippen molar-refractivity contribution in [1.82, 2.24) is 25.0 Å². The number of hydrogen-bond acceptors (Lipinski definition) is 6. The Bertz CT molecular complexity index is 1040. The molecule has 1 atom stereocenters. The monoisotopic (exact) mass is 425 g/mol. The molecule has 1 aliphatic carbocycles. The number of thioether (sulfide) groups is 1. The van der Waals surface area contributed by atoms with Gasteiger partial charge in [-0.1, -0.05) is 42.9 Å². The minimum absolute atomic E-state index is 0.0830. The van der Waals surface area contributed by atoms with Crippen LogP contribution in [0.15, 0.2) is 40.3 Å². The molecule has 4 rings (SSSR count). The molecule has 3 aromatic rings. The van der Waals surface area contributed by atoms with E-state index >= 15 is 0 Å². The van der Waals surface area contributed by atoms with Crippen molar-refractivity contribution in [3.63, 3.8) is 0 Å². The summed E-state index contributed by atoms with van der Waals surface area (Å²) in [6.07, 6.45) is 5.91. The van der Waals surface area contributed by atoms with Crippen LogP contribution in [0.5, 0.6) is 0 Å². The summed E-state index contributed by atoms with van der Waals surface area (Å²) in [5, 5.41) is 7.92. The summed E-state index contributed by atoms with van der Waals surface area (Å²) in [4.78, 5) is 21.6. The number of aryl methyl sites for hydroxylation is 1. The van der Waals surface area contributed by atoms with E-state index in [4.69, 9.17) is 4.52 Å². The summed E-state index contributed by atoms with van der Waals surface area (Å²) in [7, 11) is 0. The topological polar surface area (TPSA) is 85.8 Å². The largest absolute Gasteiger partial charge is 0.343 e. The number of amides is 1. The summed E-state index contributed by atoms with van der Waals surface area (Å²) >= 11 is 1.41. The average Bonchev–Trinajstić information content (AvgIpc) is 3.27. The number of nitrogens with one attached hydrogen (secondary N) is 1. The van der Waals surface area contributed by atoms with Crippen LogP contribution < -0.4 is 5.32 Å². The highest BCUT2D eigenvalue weighted by atomic mass is 32.2. The first-order valence-electron chi connectivity index (χ1n) is 10.3. The van der Waals surface area contributed by atoms with Crippen LogP contribution in [0.1, 0.15) is 61.5 Å². The highest BCUT2D eigenvalue weighted by Gasteiger charge is 2.31. The molecule has 1 N–H and O–H groups in total. The molecule has 30 heavy (non-hydrogen) atoms. The number of aromatic nitrogens is 4. The van der Waals surface area contributed by atoms with Crippen LogP contribution in [0.4, 0.5) is 0 Å². The van der Waals surface area contributed by atoms with Crippen molar-refractivity contribution in [1.29, 1.82) is 0 Å². The van der Waals surface area contributed by atoms with Crippen LogP contribution in [-0.2, 0) is 4.79 Å². The maximum atomic E-state index is 12.7. The third-order valence-electron chi connectivity index (χ3n) is 5.42. The molecule has 1 fully saturated rings. The molecule has 1 saturated carbocycles. The predicted octanol–water partition coefficient (Wildman–Crippen LogP) is 4.36. The molecular weight excluding hydrogens is 398 g/mol. The molecule has 0 bridgehead atoms. The van der Waals surface area contributed by atoms with Gasteiger partial charge in [0.15, 0.2) is 11.0 Å². The minimum Gasteiger partial charge on any atom is -0.343 e. The fraction of sp³-hybridized carbons (Fsp3) is 0.455. The SMILES string of the molecule is Cc1cccc(-n2ccnc2SCC(=O)NC(c2nc(C3CC3)no2)C(C)C)c1C. The van der Waals surface area contributed by atoms with Gasteiger partial charge in [-0.15, -0.1) is 0 Å². The number of benzene rings is 1. The number of rotatable bonds is 8. The van der Waals surface area contributed by atoms with E-state index in [-0.39, 0.29) is 23.6 Å². The van der Waals surface area contributed by atoms with E-state index in [1.165, 1.54) is 22.9 Å². The Kier molecular flexibility index (Phi) is 5.94. The maximum absolute atomic E-state index is 12.7. The number of carbonyl (C=O) groups excluding carboxylic acids is 1. The van der Waals surface area contributed by atoms with Gasteiger partial charge in [0, 0.05) is 18.3 Å². The van der Waals surface area contributed by atoms with Crippen molar-refractivity contribution in [2.75, 3.05) is 5.75 Å². The van der Waals surface area contributed by atoms with Crippen LogP contribution in [0.25, 0.3) is 5.69 Å². The van der Waals surface area contributed by atoms with Crippen LogP contribution in [0.2, 0.25) is 0 Å². The molecule has 1 aliphatic rings. The second kappa shape index (κ2) is 8.63. The lowest BCUT2D eigenvalue weighted by Gasteiger charge is -2.18. The maximum Gasteiger partial charge on any atom is 0.249 e. The van der Waals surface area contributed by atoms with Gasteiger partial charge in [0.25, 0.3) is 0 Å². The van der Waals surface area contributed by atoms with Gasteiger partial charge < -0.3 is 9.84 Å². The fourth-order valence-corrected chi connectivity index (χ4v) is 4.09. The van der Waals surface area contributed by atoms with Gasteiger partial charge in [-0.05, 0) is 49.8 Å². The zero-order valence-corrected chi connectivity index (χ0v) is 18.6. The first-order chi connectivity index (χ1) is 14.4. The van der Waals surface area contributed by atoms with Crippen LogP contribution in [-0.4, -0.2) is 31.4 Å². The Balaban J connectivity index is 1.42. The Hall–Kier alpha value is -2.61. The van der Waals surface area contributed by atoms with Crippen LogP contribution in [0, 0.1) is 19.8 Å². The zero-order chi connectivity index (χ0) is 21.3. The van der Waals surface area contributed by atoms with Crippen molar-refractivity contribution in [3.8, 4) is 5.69 Å². The highest BCUT2D eigenvalue weighted by Crippen LogP contribution is 2.38. The number of nitrogens with zero attached hydrogens (tertiary/aromatic N) is 4. The van der Waals surface area contributed by atoms with E-state index in [0.29, 0.717) is 11.8 Å². The standard InChI is InChI=1S/C22H27N5O2S/c1-13(2)19(21-25-20(26-29-21)16-8-9-16)24-18(28)12-30-22-23-10-11-27(22)17-7-5-6-14(3)15(17)4/h5-7,10-11,13,16,19H,8-9,12H2,1-4H3,(H,24,28). The van der Waals surface area contributed by atoms with E-state index in [2.05, 4.69) is 46.4 Å². The van der Waals surface area contributed by atoms with Gasteiger partial charge in [0.1, 0.15) is 6.04 Å². The molecule has 158 valence electrons. The molecule has 1 unspecified atom stereocenters. The number of hydrogen-bond donors (Lipinski definition) is 1. The first-order valence-corrected chi connectivity index (χ1v) is 11.3. The number of carbonyl (C=O) groups is 1. The molecule has 0 saturated heterocycles. The van der Waals surface area contributed by atoms with E-state index in [1.807, 2.05) is 30.7 Å². The molecule has 7 nitrogen and oxygen atoms in total. The first kappa shape index (κ1) is 20.7. The molecule has 2 heterocycles. The summed E-state index contributed by atoms with van der Waals surface area (Å²) in [6, 6.07) is 5.90. The highest BCUT2D eigenvalue weighted by molar-refractivity contribution is 7.99. The molecule has 1 aromatic carbocycles. The lowest BCUT2D eigenvalue weighted by molar-refractivity contribution is -0.119. The third-order valence-corrected chi connectivity index (χ3v) is 6.39. The normalized spacial score (nSPS) is 14.8. The van der Waals surface area contributed by atoms with Crippen LogP contribution >= 0.6 is 11.8 Å². The second-order valence-electron chi connectivity index (χ2n) is 8.14. The molecule has 0 spiro atoms. The van der Waals surface area contributed by atoms with Gasteiger partial charge in [0.2, 0.25) is 11.8 Å². The molecular formula is C22H27N5O2S. The van der Waals surface area contributed by atoms with Crippen molar-refractivity contribution in [3.05, 3.63) is 53.4 Å². The van der Waals surface area contributed by atoms with E-state index in [0.717, 1.165) is 29.5 Å². The Morgan fingerprint density at radius 3 is 2.87 bits per heavy atom. The van der Waals surface area contributed by atoms with Gasteiger partial charge in [-0.3, -0.25) is 9.36 Å². The molecule has 1 amide bonds. The Morgan fingerprint density at radius 1 is 1.33 bits per heavy atom. The predicted molar refractivity (Wildman–Crippen MR) is 116 cm³/mol. The number of imidazole rings is 1. The van der Waals surface area contributed by atoms with Crippen molar-refractivity contribution in [2.24, 2.45) is 5.92 Å². The molecule has 2 aromatic heterocycles. The third kappa shape index (κ3) is 4.43. The lowest BCUT2D eigenvalue weighted by Crippen LogP contribution is -2.33. The summed E-state index contributed by atoms with van der Waals surface area (Å²) in [5.41, 5.74) is 3.50. The smallest absolute Gasteiger partial charge is 0.249 e. The average molecular weight is 426 g/mol.